The summed E-state index contributed by atoms with van der Waals surface area (Å²) in [5, 5.41) is 11.0. The maximum absolute atomic E-state index is 13.5. The predicted molar refractivity (Wildman–Crippen MR) is 143 cm³/mol. The molecule has 9 nitrogen and oxygen atoms in total. The number of carbonyl (C=O) groups excluding carboxylic acids is 1. The minimum atomic E-state index is -0.909. The number of carbonyl (C=O) groups is 2. The van der Waals surface area contributed by atoms with E-state index in [-0.39, 0.29) is 11.9 Å². The Kier molecular flexibility index (Phi) is 5.86. The minimum absolute atomic E-state index is 0.127. The Morgan fingerprint density at radius 3 is 2.68 bits per heavy atom. The molecule has 38 heavy (non-hydrogen) atoms. The zero-order valence-electron chi connectivity index (χ0n) is 21.8. The Balaban J connectivity index is 1.43. The number of rotatable bonds is 3. The van der Waals surface area contributed by atoms with Crippen LogP contribution in [0.25, 0.3) is 22.2 Å². The third-order valence-electron chi connectivity index (χ3n) is 7.78. The first kappa shape index (κ1) is 24.1. The highest BCUT2D eigenvalue weighted by Crippen LogP contribution is 2.40. The number of fused-ring (bicyclic) bond motifs is 2. The van der Waals surface area contributed by atoms with Gasteiger partial charge in [-0.2, -0.15) is 0 Å². The number of amides is 2. The number of pyridine rings is 1. The van der Waals surface area contributed by atoms with Crippen LogP contribution in [0.3, 0.4) is 0 Å². The van der Waals surface area contributed by atoms with Crippen molar-refractivity contribution in [2.24, 2.45) is 0 Å². The summed E-state index contributed by atoms with van der Waals surface area (Å²) < 4.78 is 0. The number of likely N-dealkylation sites (tertiary alicyclic amines) is 1. The Morgan fingerprint density at radius 2 is 1.89 bits per heavy atom. The second-order valence-electron chi connectivity index (χ2n) is 10.3. The molecule has 0 radical (unpaired) electrons. The average molecular weight is 511 g/mol. The van der Waals surface area contributed by atoms with Crippen molar-refractivity contribution >= 4 is 23.0 Å². The summed E-state index contributed by atoms with van der Waals surface area (Å²) in [6.07, 6.45) is 5.17. The second-order valence-corrected chi connectivity index (χ2v) is 10.3. The molecule has 6 rings (SSSR count). The molecule has 2 N–H and O–H groups in total. The van der Waals surface area contributed by atoms with E-state index in [1.807, 2.05) is 24.2 Å². The van der Waals surface area contributed by atoms with Crippen LogP contribution in [0.4, 0.5) is 4.79 Å². The van der Waals surface area contributed by atoms with Crippen LogP contribution in [0.2, 0.25) is 0 Å². The maximum Gasteiger partial charge on any atom is 0.407 e. The van der Waals surface area contributed by atoms with Crippen molar-refractivity contribution in [2.75, 3.05) is 13.1 Å². The van der Waals surface area contributed by atoms with Crippen LogP contribution >= 0.6 is 0 Å². The third kappa shape index (κ3) is 4.17. The topological polar surface area (TPSA) is 115 Å². The lowest BCUT2D eigenvalue weighted by atomic mass is 9.86. The van der Waals surface area contributed by atoms with E-state index < -0.39 is 6.09 Å². The quantitative estimate of drug-likeness (QED) is 0.403. The fourth-order valence-electron chi connectivity index (χ4n) is 5.94. The summed E-state index contributed by atoms with van der Waals surface area (Å²) in [4.78, 5) is 45.4. The van der Waals surface area contributed by atoms with E-state index in [9.17, 15) is 14.7 Å². The number of H-pyrrole nitrogens is 1. The van der Waals surface area contributed by atoms with Crippen molar-refractivity contribution in [3.05, 3.63) is 76.1 Å². The third-order valence-corrected chi connectivity index (χ3v) is 7.78. The molecule has 1 aromatic carbocycles. The summed E-state index contributed by atoms with van der Waals surface area (Å²) in [5.41, 5.74) is 8.32. The van der Waals surface area contributed by atoms with Crippen LogP contribution in [-0.4, -0.2) is 59.9 Å². The first-order valence-electron chi connectivity index (χ1n) is 13.0. The summed E-state index contributed by atoms with van der Waals surface area (Å²) >= 11 is 0. The largest absolute Gasteiger partial charge is 0.465 e. The zero-order valence-corrected chi connectivity index (χ0v) is 21.8. The van der Waals surface area contributed by atoms with E-state index in [0.717, 1.165) is 62.9 Å². The van der Waals surface area contributed by atoms with Crippen molar-refractivity contribution in [1.29, 1.82) is 0 Å². The molecule has 0 saturated carbocycles. The summed E-state index contributed by atoms with van der Waals surface area (Å²) in [5.74, 6) is 0.445. The number of hydrogen-bond acceptors (Lipinski definition) is 5. The molecule has 194 valence electrons. The molecule has 3 aromatic heterocycles. The summed E-state index contributed by atoms with van der Waals surface area (Å²) in [6.45, 7) is 7.20. The monoisotopic (exact) mass is 510 g/mol. The van der Waals surface area contributed by atoms with Gasteiger partial charge in [-0.3, -0.25) is 4.79 Å². The first-order chi connectivity index (χ1) is 18.3. The molecule has 0 spiro atoms. The Morgan fingerprint density at radius 1 is 1.05 bits per heavy atom. The molecule has 2 aliphatic heterocycles. The maximum atomic E-state index is 13.5. The Labute approximate surface area is 220 Å². The fourth-order valence-corrected chi connectivity index (χ4v) is 5.94. The summed E-state index contributed by atoms with van der Waals surface area (Å²) in [7, 11) is 0. The molecule has 1 atom stereocenters. The van der Waals surface area contributed by atoms with Crippen LogP contribution in [0, 0.1) is 20.8 Å². The van der Waals surface area contributed by atoms with Crippen LogP contribution in [0.15, 0.2) is 36.7 Å². The summed E-state index contributed by atoms with van der Waals surface area (Å²) in [6, 6.07) is 7.92. The van der Waals surface area contributed by atoms with Crippen LogP contribution in [0.5, 0.6) is 0 Å². The normalized spacial score (nSPS) is 17.2. The zero-order chi connectivity index (χ0) is 26.6. The molecule has 1 unspecified atom stereocenters. The average Bonchev–Trinajstić information content (AvgIpc) is 3.54. The molecule has 0 aliphatic carbocycles. The number of nitrogens with zero attached hydrogens (tertiary/aromatic N) is 5. The molecule has 2 aliphatic rings. The van der Waals surface area contributed by atoms with E-state index >= 15 is 0 Å². The highest BCUT2D eigenvalue weighted by Gasteiger charge is 2.34. The number of aromatic amines is 1. The first-order valence-corrected chi connectivity index (χ1v) is 13.0. The number of nitrogens with one attached hydrogen (secondary N) is 1. The minimum Gasteiger partial charge on any atom is -0.465 e. The van der Waals surface area contributed by atoms with Gasteiger partial charge in [0, 0.05) is 48.7 Å². The lowest BCUT2D eigenvalue weighted by molar-refractivity contribution is 0.0726. The number of benzene rings is 1. The van der Waals surface area contributed by atoms with Crippen LogP contribution in [-0.2, 0) is 13.0 Å². The van der Waals surface area contributed by atoms with E-state index in [1.165, 1.54) is 4.90 Å². The number of carboxylic acid groups (broad SMARTS) is 1. The van der Waals surface area contributed by atoms with Gasteiger partial charge in [0.1, 0.15) is 17.2 Å². The number of aryl methyl sites for hydroxylation is 3. The highest BCUT2D eigenvalue weighted by molar-refractivity contribution is 5.92. The van der Waals surface area contributed by atoms with Crippen molar-refractivity contribution in [1.82, 2.24) is 29.7 Å². The predicted octanol–water partition coefficient (Wildman–Crippen LogP) is 4.96. The van der Waals surface area contributed by atoms with Crippen molar-refractivity contribution in [3.63, 3.8) is 0 Å². The fraction of sp³-hybridized carbons (Fsp3) is 0.345. The van der Waals surface area contributed by atoms with Gasteiger partial charge in [-0.1, -0.05) is 6.07 Å². The molecule has 0 bridgehead atoms. The standard InChI is InChI=1S/C29H30N6O3/c1-16-13-30-27-22(16)12-21(14-31-27)20-10-19-6-8-34(28(36)25-9-17(2)32-18(3)33-25)15-24(19)23(11-20)26-5-4-7-35(26)29(37)38/h9-14,26H,4-8,15H2,1-3H3,(H,30,31)(H,37,38). The van der Waals surface area contributed by atoms with Gasteiger partial charge in [-0.25, -0.2) is 19.7 Å². The van der Waals surface area contributed by atoms with Gasteiger partial charge in [0.15, 0.2) is 0 Å². The van der Waals surface area contributed by atoms with Gasteiger partial charge in [0.05, 0.1) is 6.04 Å². The second kappa shape index (κ2) is 9.24. The Bertz CT molecular complexity index is 1570. The SMILES string of the molecule is Cc1cc(C(=O)N2CCc3cc(-c4cnc5[nH]cc(C)c5c4)cc(C4CCCN4C(=O)O)c3C2)nc(C)n1. The molecular weight excluding hydrogens is 480 g/mol. The van der Waals surface area contributed by atoms with E-state index in [0.29, 0.717) is 37.6 Å². The van der Waals surface area contributed by atoms with Gasteiger partial charge >= 0.3 is 6.09 Å². The van der Waals surface area contributed by atoms with Crippen LogP contribution in [0.1, 0.15) is 63.1 Å². The smallest absolute Gasteiger partial charge is 0.407 e. The Hall–Kier alpha value is -4.27. The molecule has 4 aromatic rings. The molecule has 1 fully saturated rings. The van der Waals surface area contributed by atoms with E-state index in [1.54, 1.807) is 13.0 Å². The van der Waals surface area contributed by atoms with Gasteiger partial charge in [0.2, 0.25) is 0 Å². The van der Waals surface area contributed by atoms with Crippen LogP contribution < -0.4 is 0 Å². The van der Waals surface area contributed by atoms with Crippen molar-refractivity contribution in [3.8, 4) is 11.1 Å². The molecule has 1 saturated heterocycles. The molecule has 2 amide bonds. The van der Waals surface area contributed by atoms with Gasteiger partial charge in [-0.05, 0) is 86.1 Å². The molecular formula is C29H30N6O3. The number of hydrogen-bond donors (Lipinski definition) is 2. The van der Waals surface area contributed by atoms with Gasteiger partial charge in [0.25, 0.3) is 5.91 Å². The van der Waals surface area contributed by atoms with E-state index in [4.69, 9.17) is 0 Å². The molecule has 5 heterocycles. The van der Waals surface area contributed by atoms with Gasteiger partial charge < -0.3 is 19.9 Å². The lowest BCUT2D eigenvalue weighted by Crippen LogP contribution is -2.38. The van der Waals surface area contributed by atoms with Gasteiger partial charge in [-0.15, -0.1) is 0 Å². The lowest BCUT2D eigenvalue weighted by Gasteiger charge is -2.33. The number of aromatic nitrogens is 4. The highest BCUT2D eigenvalue weighted by atomic mass is 16.4. The molecule has 9 heteroatoms. The van der Waals surface area contributed by atoms with E-state index in [2.05, 4.69) is 45.1 Å². The van der Waals surface area contributed by atoms with Crippen molar-refractivity contribution < 1.29 is 14.7 Å². The van der Waals surface area contributed by atoms with Crippen molar-refractivity contribution in [2.45, 2.75) is 52.6 Å².